The van der Waals surface area contributed by atoms with Crippen molar-refractivity contribution in [2.45, 2.75) is 46.5 Å². The van der Waals surface area contributed by atoms with Crippen LogP contribution in [0.2, 0.25) is 0 Å². The van der Waals surface area contributed by atoms with Crippen LogP contribution in [0.3, 0.4) is 0 Å². The molecule has 2 amide bonds. The highest BCUT2D eigenvalue weighted by Crippen LogP contribution is 2.38. The standard InChI is InChI=1S/C17H33N5O2.HI/c1-6-19-15(20-11-16(2,3)13(18)23)21-12-17(9-7-8-10-17)14(24)22(4)5;/h6-12H2,1-5H3,(H2,18,23)(H2,19,20,21);1H. The molecule has 8 heteroatoms. The molecule has 1 saturated carbocycles. The first-order valence-electron chi connectivity index (χ1n) is 8.68. The first-order chi connectivity index (χ1) is 11.1. The highest BCUT2D eigenvalue weighted by Gasteiger charge is 2.42. The Morgan fingerprint density at radius 2 is 1.76 bits per heavy atom. The number of nitrogens with zero attached hydrogens (tertiary/aromatic N) is 2. The second-order valence-corrected chi connectivity index (χ2v) is 7.48. The molecule has 0 aliphatic heterocycles. The first kappa shape index (κ1) is 23.9. The molecule has 1 aliphatic rings. The van der Waals surface area contributed by atoms with Crippen molar-refractivity contribution in [1.29, 1.82) is 0 Å². The minimum atomic E-state index is -0.702. The van der Waals surface area contributed by atoms with E-state index >= 15 is 0 Å². The highest BCUT2D eigenvalue weighted by molar-refractivity contribution is 14.0. The molecule has 0 aromatic rings. The Hall–Kier alpha value is -1.06. The molecule has 0 unspecified atom stereocenters. The predicted molar refractivity (Wildman–Crippen MR) is 112 cm³/mol. The van der Waals surface area contributed by atoms with E-state index in [2.05, 4.69) is 15.6 Å². The van der Waals surface area contributed by atoms with E-state index in [0.717, 1.165) is 25.7 Å². The fourth-order valence-corrected chi connectivity index (χ4v) is 2.94. The number of guanidine groups is 1. The van der Waals surface area contributed by atoms with E-state index in [1.807, 2.05) is 6.92 Å². The molecule has 0 saturated heterocycles. The van der Waals surface area contributed by atoms with Crippen molar-refractivity contribution in [2.24, 2.45) is 21.6 Å². The number of nitrogens with one attached hydrogen (secondary N) is 2. The number of aliphatic imine (C=N–C) groups is 1. The molecular formula is C17H34IN5O2. The van der Waals surface area contributed by atoms with Crippen LogP contribution < -0.4 is 16.4 Å². The molecule has 146 valence electrons. The molecular weight excluding hydrogens is 433 g/mol. The van der Waals surface area contributed by atoms with E-state index in [1.165, 1.54) is 0 Å². The van der Waals surface area contributed by atoms with Crippen molar-refractivity contribution >= 4 is 41.8 Å². The lowest BCUT2D eigenvalue weighted by Crippen LogP contribution is -2.49. The van der Waals surface area contributed by atoms with Crippen molar-refractivity contribution in [3.63, 3.8) is 0 Å². The summed E-state index contributed by atoms with van der Waals surface area (Å²) in [5.41, 5.74) is 4.34. The molecule has 4 N–H and O–H groups in total. The monoisotopic (exact) mass is 467 g/mol. The van der Waals surface area contributed by atoms with Gasteiger partial charge in [-0.15, -0.1) is 24.0 Å². The van der Waals surface area contributed by atoms with Crippen LogP contribution in [0, 0.1) is 10.8 Å². The Balaban J connectivity index is 0.00000576. The van der Waals surface area contributed by atoms with Gasteiger partial charge in [-0.3, -0.25) is 14.6 Å². The zero-order chi connectivity index (χ0) is 18.4. The molecule has 0 spiro atoms. The quantitative estimate of drug-likeness (QED) is 0.299. The SMILES string of the molecule is CCNC(=NCC(C)(C)C(N)=O)NCC1(C(=O)N(C)C)CCCC1.I. The van der Waals surface area contributed by atoms with Crippen LogP contribution in [-0.2, 0) is 9.59 Å². The van der Waals surface area contributed by atoms with Gasteiger partial charge in [-0.25, -0.2) is 0 Å². The summed E-state index contributed by atoms with van der Waals surface area (Å²) in [6.45, 7) is 7.08. The van der Waals surface area contributed by atoms with Gasteiger partial charge in [0.2, 0.25) is 11.8 Å². The zero-order valence-corrected chi connectivity index (χ0v) is 18.5. The van der Waals surface area contributed by atoms with Crippen LogP contribution in [0.5, 0.6) is 0 Å². The van der Waals surface area contributed by atoms with Crippen LogP contribution in [-0.4, -0.2) is 56.4 Å². The Kier molecular flexibility index (Phi) is 9.75. The molecule has 1 aliphatic carbocycles. The lowest BCUT2D eigenvalue weighted by atomic mass is 9.84. The van der Waals surface area contributed by atoms with E-state index in [0.29, 0.717) is 25.6 Å². The van der Waals surface area contributed by atoms with Crippen LogP contribution in [0.25, 0.3) is 0 Å². The first-order valence-corrected chi connectivity index (χ1v) is 8.68. The maximum absolute atomic E-state index is 12.6. The predicted octanol–water partition coefficient (Wildman–Crippen LogP) is 1.32. The number of carbonyl (C=O) groups is 2. The number of rotatable bonds is 7. The van der Waals surface area contributed by atoms with Gasteiger partial charge in [0.1, 0.15) is 0 Å². The summed E-state index contributed by atoms with van der Waals surface area (Å²) in [6, 6.07) is 0. The smallest absolute Gasteiger partial charge is 0.230 e. The lowest BCUT2D eigenvalue weighted by molar-refractivity contribution is -0.138. The Bertz CT molecular complexity index is 485. The Morgan fingerprint density at radius 3 is 2.20 bits per heavy atom. The molecule has 25 heavy (non-hydrogen) atoms. The van der Waals surface area contributed by atoms with E-state index in [1.54, 1.807) is 32.8 Å². The van der Waals surface area contributed by atoms with Crippen molar-refractivity contribution in [2.75, 3.05) is 33.7 Å². The van der Waals surface area contributed by atoms with Gasteiger partial charge in [-0.1, -0.05) is 12.8 Å². The summed E-state index contributed by atoms with van der Waals surface area (Å²) >= 11 is 0. The Labute approximate surface area is 168 Å². The molecule has 0 aromatic carbocycles. The summed E-state index contributed by atoms with van der Waals surface area (Å²) in [6.07, 6.45) is 3.93. The fourth-order valence-electron chi connectivity index (χ4n) is 2.94. The molecule has 0 radical (unpaired) electrons. The Morgan fingerprint density at radius 1 is 1.20 bits per heavy atom. The molecule has 1 fully saturated rings. The van der Waals surface area contributed by atoms with Gasteiger partial charge >= 0.3 is 0 Å². The fraction of sp³-hybridized carbons (Fsp3) is 0.824. The summed E-state index contributed by atoms with van der Waals surface area (Å²) in [5.74, 6) is 0.405. The van der Waals surface area contributed by atoms with E-state index in [-0.39, 0.29) is 41.2 Å². The van der Waals surface area contributed by atoms with Crippen LogP contribution in [0.1, 0.15) is 46.5 Å². The van der Waals surface area contributed by atoms with E-state index < -0.39 is 5.41 Å². The lowest BCUT2D eigenvalue weighted by Gasteiger charge is -2.31. The number of nitrogens with two attached hydrogens (primary N) is 1. The number of hydrogen-bond donors (Lipinski definition) is 3. The second-order valence-electron chi connectivity index (χ2n) is 7.48. The molecule has 0 aromatic heterocycles. The normalized spacial score (nSPS) is 16.8. The number of carbonyl (C=O) groups excluding carboxylic acids is 2. The summed E-state index contributed by atoms with van der Waals surface area (Å²) < 4.78 is 0. The van der Waals surface area contributed by atoms with Gasteiger partial charge in [-0.2, -0.15) is 0 Å². The number of amides is 2. The topological polar surface area (TPSA) is 99.8 Å². The van der Waals surface area contributed by atoms with E-state index in [4.69, 9.17) is 5.73 Å². The molecule has 7 nitrogen and oxygen atoms in total. The number of hydrogen-bond acceptors (Lipinski definition) is 3. The third-order valence-corrected chi connectivity index (χ3v) is 4.66. The summed E-state index contributed by atoms with van der Waals surface area (Å²) in [5, 5.41) is 6.46. The number of primary amides is 1. The highest BCUT2D eigenvalue weighted by atomic mass is 127. The zero-order valence-electron chi connectivity index (χ0n) is 16.1. The van der Waals surface area contributed by atoms with Crippen LogP contribution >= 0.6 is 24.0 Å². The average Bonchev–Trinajstić information content (AvgIpc) is 2.99. The van der Waals surface area contributed by atoms with Crippen molar-refractivity contribution in [3.8, 4) is 0 Å². The summed E-state index contributed by atoms with van der Waals surface area (Å²) in [4.78, 5) is 30.2. The molecule has 0 atom stereocenters. The van der Waals surface area contributed by atoms with Gasteiger partial charge in [0.05, 0.1) is 17.4 Å². The average molecular weight is 467 g/mol. The molecule has 1 rings (SSSR count). The van der Waals surface area contributed by atoms with Crippen molar-refractivity contribution in [1.82, 2.24) is 15.5 Å². The summed E-state index contributed by atoms with van der Waals surface area (Å²) in [7, 11) is 3.61. The minimum absolute atomic E-state index is 0. The van der Waals surface area contributed by atoms with Crippen LogP contribution in [0.15, 0.2) is 4.99 Å². The minimum Gasteiger partial charge on any atom is -0.369 e. The maximum atomic E-state index is 12.6. The van der Waals surface area contributed by atoms with Gasteiger partial charge in [-0.05, 0) is 33.6 Å². The van der Waals surface area contributed by atoms with Gasteiger partial charge < -0.3 is 21.3 Å². The van der Waals surface area contributed by atoms with Crippen LogP contribution in [0.4, 0.5) is 0 Å². The number of halogens is 1. The molecule has 0 heterocycles. The van der Waals surface area contributed by atoms with Gasteiger partial charge in [0.25, 0.3) is 0 Å². The maximum Gasteiger partial charge on any atom is 0.230 e. The van der Waals surface area contributed by atoms with Crippen molar-refractivity contribution in [3.05, 3.63) is 0 Å². The van der Waals surface area contributed by atoms with E-state index in [9.17, 15) is 9.59 Å². The second kappa shape index (κ2) is 10.2. The van der Waals surface area contributed by atoms with Gasteiger partial charge in [0.15, 0.2) is 5.96 Å². The third kappa shape index (κ3) is 6.63. The van der Waals surface area contributed by atoms with Crippen molar-refractivity contribution < 1.29 is 9.59 Å². The van der Waals surface area contributed by atoms with Gasteiger partial charge in [0, 0.05) is 27.2 Å². The molecule has 0 bridgehead atoms. The third-order valence-electron chi connectivity index (χ3n) is 4.66. The largest absolute Gasteiger partial charge is 0.369 e.